The molecule has 0 unspecified atom stereocenters. The van der Waals surface area contributed by atoms with E-state index in [2.05, 4.69) is 64.6 Å². The summed E-state index contributed by atoms with van der Waals surface area (Å²) in [4.78, 5) is 32.5. The molecule has 1 saturated heterocycles. The largest absolute Gasteiger partial charge is 0.490 e. The molecule has 0 bridgehead atoms. The van der Waals surface area contributed by atoms with E-state index in [0.717, 1.165) is 43.2 Å². The van der Waals surface area contributed by atoms with Gasteiger partial charge in [-0.05, 0) is 60.1 Å². The number of fused-ring (bicyclic) bond motifs is 1. The van der Waals surface area contributed by atoms with Crippen molar-refractivity contribution in [3.05, 3.63) is 65.4 Å². The second-order valence-corrected chi connectivity index (χ2v) is 10.9. The lowest BCUT2D eigenvalue weighted by molar-refractivity contribution is -0.120. The van der Waals surface area contributed by atoms with Gasteiger partial charge in [-0.2, -0.15) is 0 Å². The van der Waals surface area contributed by atoms with Crippen molar-refractivity contribution in [1.82, 2.24) is 19.8 Å². The summed E-state index contributed by atoms with van der Waals surface area (Å²) in [6, 6.07) is 14.7. The number of benzene rings is 2. The van der Waals surface area contributed by atoms with Crippen LogP contribution in [-0.4, -0.2) is 39.0 Å². The summed E-state index contributed by atoms with van der Waals surface area (Å²) in [5.74, 6) is 2.84. The molecule has 3 aromatic rings. The molecule has 2 fully saturated rings. The summed E-state index contributed by atoms with van der Waals surface area (Å²) < 4.78 is 8.22. The Morgan fingerprint density at radius 3 is 2.61 bits per heavy atom. The zero-order valence-corrected chi connectivity index (χ0v) is 22.2. The Balaban J connectivity index is 1.10. The van der Waals surface area contributed by atoms with E-state index >= 15 is 0 Å². The van der Waals surface area contributed by atoms with E-state index in [4.69, 9.17) is 4.74 Å². The number of carbonyl (C=O) groups excluding carboxylic acids is 2. The van der Waals surface area contributed by atoms with Crippen molar-refractivity contribution >= 4 is 17.8 Å². The van der Waals surface area contributed by atoms with Gasteiger partial charge in [-0.1, -0.05) is 37.6 Å². The highest BCUT2D eigenvalue weighted by atomic mass is 16.5. The number of aromatic nitrogens is 2. The van der Waals surface area contributed by atoms with Gasteiger partial charge in [-0.3, -0.25) is 19.9 Å². The minimum Gasteiger partial charge on any atom is -0.490 e. The zero-order chi connectivity index (χ0) is 26.2. The van der Waals surface area contributed by atoms with Gasteiger partial charge in [0.2, 0.25) is 5.91 Å². The molecule has 2 aromatic carbocycles. The van der Waals surface area contributed by atoms with Crippen molar-refractivity contribution in [2.24, 2.45) is 13.0 Å². The summed E-state index contributed by atoms with van der Waals surface area (Å²) in [6.45, 7) is 5.35. The summed E-state index contributed by atoms with van der Waals surface area (Å²) in [5, 5.41) is 2.38. The molecule has 1 aromatic heterocycles. The highest BCUT2D eigenvalue weighted by Gasteiger charge is 2.28. The smallest absolute Gasteiger partial charge is 0.329 e. The average molecular weight is 514 g/mol. The van der Waals surface area contributed by atoms with Crippen molar-refractivity contribution in [1.29, 1.82) is 0 Å². The molecule has 8 heteroatoms. The molecule has 1 saturated carbocycles. The maximum atomic E-state index is 12.3. The van der Waals surface area contributed by atoms with Gasteiger partial charge < -0.3 is 9.30 Å². The number of anilines is 1. The van der Waals surface area contributed by atoms with Crippen LogP contribution in [0.3, 0.4) is 0 Å². The van der Waals surface area contributed by atoms with Crippen molar-refractivity contribution in [3.63, 3.8) is 0 Å². The van der Waals surface area contributed by atoms with Gasteiger partial charge in [0, 0.05) is 45.2 Å². The van der Waals surface area contributed by atoms with Crippen LogP contribution in [0, 0.1) is 5.92 Å². The van der Waals surface area contributed by atoms with Gasteiger partial charge in [-0.25, -0.2) is 9.78 Å². The summed E-state index contributed by atoms with van der Waals surface area (Å²) in [6.07, 6.45) is 7.34. The molecule has 8 nitrogen and oxygen atoms in total. The summed E-state index contributed by atoms with van der Waals surface area (Å²) in [7, 11) is 1.91. The van der Waals surface area contributed by atoms with Gasteiger partial charge in [0.1, 0.15) is 23.5 Å². The molecule has 3 aliphatic rings. The predicted molar refractivity (Wildman–Crippen MR) is 146 cm³/mol. The highest BCUT2D eigenvalue weighted by Crippen LogP contribution is 2.32. The number of nitrogens with zero attached hydrogens (tertiary/aromatic N) is 4. The lowest BCUT2D eigenvalue weighted by atomic mass is 9.88. The van der Waals surface area contributed by atoms with E-state index in [0.29, 0.717) is 24.4 Å². The first-order valence-corrected chi connectivity index (χ1v) is 13.7. The van der Waals surface area contributed by atoms with Crippen molar-refractivity contribution in [2.75, 3.05) is 11.4 Å². The molecule has 2 aliphatic heterocycles. The van der Waals surface area contributed by atoms with Crippen LogP contribution in [0.5, 0.6) is 5.75 Å². The Kier molecular flexibility index (Phi) is 6.66. The first-order chi connectivity index (χ1) is 18.4. The molecule has 3 heterocycles. The highest BCUT2D eigenvalue weighted by molar-refractivity contribution is 6.05. The fourth-order valence-electron chi connectivity index (χ4n) is 5.98. The second kappa shape index (κ2) is 10.3. The van der Waals surface area contributed by atoms with Gasteiger partial charge in [0.25, 0.3) is 0 Å². The van der Waals surface area contributed by atoms with Gasteiger partial charge >= 0.3 is 6.03 Å². The maximum Gasteiger partial charge on any atom is 0.329 e. The third kappa shape index (κ3) is 4.92. The van der Waals surface area contributed by atoms with Crippen LogP contribution in [0.4, 0.5) is 10.6 Å². The number of imidazole rings is 1. The molecular formula is C30H35N5O3. The molecule has 1 aliphatic carbocycles. The Labute approximate surface area is 223 Å². The second-order valence-electron chi connectivity index (χ2n) is 10.9. The zero-order valence-electron chi connectivity index (χ0n) is 22.2. The lowest BCUT2D eigenvalue weighted by Gasteiger charge is -2.29. The quantitative estimate of drug-likeness (QED) is 0.502. The van der Waals surface area contributed by atoms with E-state index in [-0.39, 0.29) is 12.3 Å². The Morgan fingerprint density at radius 2 is 1.82 bits per heavy atom. The molecule has 0 spiro atoms. The number of nitrogens with one attached hydrogen (secondary N) is 1. The van der Waals surface area contributed by atoms with E-state index in [9.17, 15) is 9.59 Å². The van der Waals surface area contributed by atoms with Crippen molar-refractivity contribution in [3.8, 4) is 17.1 Å². The number of urea groups is 1. The third-order valence-corrected chi connectivity index (χ3v) is 8.20. The first-order valence-electron chi connectivity index (χ1n) is 13.7. The maximum absolute atomic E-state index is 12.3. The standard InChI is InChI=1S/C30H35N5O3/c1-20-5-3-4-6-26(20)38-25-11-7-21(8-12-25)17-34-18-23-10-9-22(15-24(23)19-34)29-31-16-28(33(29)2)35-14-13-27(36)32-30(35)37/h7-12,15-16,20,26H,3-6,13-14,17-19H2,1-2H3,(H,32,36,37)/t20-,26-/m0/s1. The number of ether oxygens (including phenoxy) is 1. The summed E-state index contributed by atoms with van der Waals surface area (Å²) in [5.41, 5.74) is 4.95. The minimum absolute atomic E-state index is 0.241. The summed E-state index contributed by atoms with van der Waals surface area (Å²) >= 11 is 0. The Bertz CT molecular complexity index is 1350. The Morgan fingerprint density at radius 1 is 1.03 bits per heavy atom. The molecule has 6 rings (SSSR count). The number of rotatable bonds is 6. The number of carbonyl (C=O) groups is 2. The molecule has 198 valence electrons. The van der Waals surface area contributed by atoms with Crippen LogP contribution in [-0.2, 0) is 31.5 Å². The fourth-order valence-corrected chi connectivity index (χ4v) is 5.98. The van der Waals surface area contributed by atoms with Crippen molar-refractivity contribution in [2.45, 2.75) is 64.8 Å². The van der Waals surface area contributed by atoms with E-state index in [1.54, 1.807) is 11.1 Å². The molecule has 1 N–H and O–H groups in total. The number of imide groups is 1. The SMILES string of the molecule is C[C@H]1CCCC[C@@H]1Oc1ccc(CN2Cc3ccc(-c4ncc(N5CCC(=O)NC5=O)n4C)cc3C2)cc1. The first kappa shape index (κ1) is 24.7. The number of hydrogen-bond donors (Lipinski definition) is 1. The molecular weight excluding hydrogens is 478 g/mol. The topological polar surface area (TPSA) is 79.7 Å². The number of amides is 3. The van der Waals surface area contributed by atoms with Crippen LogP contribution in [0.15, 0.2) is 48.7 Å². The van der Waals surface area contributed by atoms with Gasteiger partial charge in [0.05, 0.1) is 6.20 Å². The third-order valence-electron chi connectivity index (χ3n) is 8.20. The van der Waals surface area contributed by atoms with Crippen LogP contribution in [0.1, 0.15) is 55.7 Å². The Hall–Kier alpha value is -3.65. The van der Waals surface area contributed by atoms with Crippen LogP contribution >= 0.6 is 0 Å². The van der Waals surface area contributed by atoms with Gasteiger partial charge in [-0.15, -0.1) is 0 Å². The number of hydrogen-bond acceptors (Lipinski definition) is 5. The monoisotopic (exact) mass is 513 g/mol. The van der Waals surface area contributed by atoms with Crippen LogP contribution in [0.2, 0.25) is 0 Å². The minimum atomic E-state index is -0.400. The predicted octanol–water partition coefficient (Wildman–Crippen LogP) is 5.01. The average Bonchev–Trinajstić information content (AvgIpc) is 3.48. The van der Waals surface area contributed by atoms with Gasteiger partial charge in [0.15, 0.2) is 0 Å². The van der Waals surface area contributed by atoms with E-state index < -0.39 is 6.03 Å². The van der Waals surface area contributed by atoms with Crippen LogP contribution in [0.25, 0.3) is 11.4 Å². The fraction of sp³-hybridized carbons (Fsp3) is 0.433. The normalized spacial score (nSPS) is 21.9. The molecule has 38 heavy (non-hydrogen) atoms. The van der Waals surface area contributed by atoms with Crippen LogP contribution < -0.4 is 15.0 Å². The van der Waals surface area contributed by atoms with Crippen molar-refractivity contribution < 1.29 is 14.3 Å². The molecule has 2 atom stereocenters. The molecule has 3 amide bonds. The molecule has 0 radical (unpaired) electrons. The lowest BCUT2D eigenvalue weighted by Crippen LogP contribution is -2.50. The van der Waals surface area contributed by atoms with E-state index in [1.807, 2.05) is 11.6 Å². The van der Waals surface area contributed by atoms with E-state index in [1.165, 1.54) is 36.0 Å².